The van der Waals surface area contributed by atoms with Crippen LogP contribution in [0.3, 0.4) is 0 Å². The fraction of sp³-hybridized carbons (Fsp3) is 0.600. The number of aryl methyl sites for hydroxylation is 1. The molecule has 0 spiro atoms. The van der Waals surface area contributed by atoms with Gasteiger partial charge in [-0.3, -0.25) is 4.90 Å². The van der Waals surface area contributed by atoms with E-state index in [-0.39, 0.29) is 0 Å². The SMILES string of the molecule is CC1(C)CCc2nnc(CCN3CCN(c4ccccc4)CC3)n2C1. The van der Waals surface area contributed by atoms with Gasteiger partial charge in [-0.2, -0.15) is 0 Å². The maximum absolute atomic E-state index is 4.49. The number of hydrogen-bond acceptors (Lipinski definition) is 4. The van der Waals surface area contributed by atoms with Gasteiger partial charge in [0.05, 0.1) is 0 Å². The van der Waals surface area contributed by atoms with E-state index in [1.165, 1.54) is 23.8 Å². The highest BCUT2D eigenvalue weighted by molar-refractivity contribution is 5.46. The summed E-state index contributed by atoms with van der Waals surface area (Å²) in [6, 6.07) is 10.7. The van der Waals surface area contributed by atoms with E-state index >= 15 is 0 Å². The molecular formula is C20H29N5. The van der Waals surface area contributed by atoms with Crippen molar-refractivity contribution in [2.45, 2.75) is 39.7 Å². The van der Waals surface area contributed by atoms with Crippen LogP contribution in [0.25, 0.3) is 0 Å². The molecule has 0 saturated carbocycles. The zero-order valence-corrected chi connectivity index (χ0v) is 15.5. The number of anilines is 1. The van der Waals surface area contributed by atoms with E-state index in [1.807, 2.05) is 0 Å². The van der Waals surface area contributed by atoms with E-state index in [9.17, 15) is 0 Å². The Morgan fingerprint density at radius 3 is 2.52 bits per heavy atom. The molecule has 1 saturated heterocycles. The second-order valence-corrected chi connectivity index (χ2v) is 8.20. The summed E-state index contributed by atoms with van der Waals surface area (Å²) in [5.74, 6) is 2.36. The predicted octanol–water partition coefficient (Wildman–Crippen LogP) is 2.62. The molecule has 5 heteroatoms. The number of fused-ring (bicyclic) bond motifs is 1. The molecule has 0 aliphatic carbocycles. The number of nitrogens with zero attached hydrogens (tertiary/aromatic N) is 5. The van der Waals surface area contributed by atoms with Gasteiger partial charge < -0.3 is 9.47 Å². The van der Waals surface area contributed by atoms with Gasteiger partial charge in [0.15, 0.2) is 0 Å². The van der Waals surface area contributed by atoms with Crippen molar-refractivity contribution < 1.29 is 0 Å². The minimum absolute atomic E-state index is 0.367. The van der Waals surface area contributed by atoms with Crippen molar-refractivity contribution in [3.8, 4) is 0 Å². The molecule has 0 amide bonds. The summed E-state index contributed by atoms with van der Waals surface area (Å²) in [5.41, 5.74) is 1.71. The van der Waals surface area contributed by atoms with Crippen molar-refractivity contribution in [1.29, 1.82) is 0 Å². The average Bonchev–Trinajstić information content (AvgIpc) is 3.02. The normalized spacial score (nSPS) is 20.5. The summed E-state index contributed by atoms with van der Waals surface area (Å²) in [4.78, 5) is 5.05. The first-order chi connectivity index (χ1) is 12.1. The number of benzene rings is 1. The molecule has 1 fully saturated rings. The molecule has 1 aromatic carbocycles. The number of rotatable bonds is 4. The van der Waals surface area contributed by atoms with Crippen LogP contribution >= 0.6 is 0 Å². The molecule has 0 unspecified atom stereocenters. The molecule has 0 N–H and O–H groups in total. The average molecular weight is 339 g/mol. The Morgan fingerprint density at radius 1 is 1.00 bits per heavy atom. The van der Waals surface area contributed by atoms with Gasteiger partial charge in [0.25, 0.3) is 0 Å². The Kier molecular flexibility index (Phi) is 4.50. The van der Waals surface area contributed by atoms with E-state index in [0.717, 1.165) is 52.1 Å². The predicted molar refractivity (Wildman–Crippen MR) is 101 cm³/mol. The Bertz CT molecular complexity index is 698. The maximum atomic E-state index is 4.49. The molecular weight excluding hydrogens is 310 g/mol. The number of para-hydroxylation sites is 1. The third kappa shape index (κ3) is 3.71. The van der Waals surface area contributed by atoms with E-state index in [4.69, 9.17) is 0 Å². The third-order valence-corrected chi connectivity index (χ3v) is 5.66. The number of piperazine rings is 1. The number of hydrogen-bond donors (Lipinski definition) is 0. The molecule has 0 radical (unpaired) electrons. The van der Waals surface area contributed by atoms with E-state index < -0.39 is 0 Å². The lowest BCUT2D eigenvalue weighted by atomic mass is 9.85. The highest BCUT2D eigenvalue weighted by atomic mass is 15.3. The Labute approximate surface area is 150 Å². The molecule has 3 heterocycles. The van der Waals surface area contributed by atoms with Gasteiger partial charge in [-0.05, 0) is 24.0 Å². The molecule has 0 bridgehead atoms. The minimum atomic E-state index is 0.367. The van der Waals surface area contributed by atoms with Gasteiger partial charge >= 0.3 is 0 Å². The summed E-state index contributed by atoms with van der Waals surface area (Å²) < 4.78 is 2.38. The van der Waals surface area contributed by atoms with Crippen LogP contribution in [0.15, 0.2) is 30.3 Å². The van der Waals surface area contributed by atoms with Crippen LogP contribution in [0.4, 0.5) is 5.69 Å². The molecule has 2 aromatic rings. The van der Waals surface area contributed by atoms with Crippen LogP contribution in [0, 0.1) is 5.41 Å². The quantitative estimate of drug-likeness (QED) is 0.858. The van der Waals surface area contributed by atoms with Crippen LogP contribution in [-0.4, -0.2) is 52.4 Å². The Balaban J connectivity index is 1.31. The molecule has 1 aromatic heterocycles. The van der Waals surface area contributed by atoms with Crippen molar-refractivity contribution in [2.24, 2.45) is 5.41 Å². The van der Waals surface area contributed by atoms with Crippen molar-refractivity contribution >= 4 is 5.69 Å². The summed E-state index contributed by atoms with van der Waals surface area (Å²) in [5, 5.41) is 8.91. The molecule has 2 aliphatic heterocycles. The first-order valence-electron chi connectivity index (χ1n) is 9.54. The topological polar surface area (TPSA) is 37.2 Å². The van der Waals surface area contributed by atoms with Crippen LogP contribution in [-0.2, 0) is 19.4 Å². The second kappa shape index (κ2) is 6.79. The van der Waals surface area contributed by atoms with Gasteiger partial charge in [-0.15, -0.1) is 10.2 Å². The van der Waals surface area contributed by atoms with Crippen molar-refractivity contribution in [3.63, 3.8) is 0 Å². The molecule has 25 heavy (non-hydrogen) atoms. The smallest absolute Gasteiger partial charge is 0.134 e. The van der Waals surface area contributed by atoms with Gasteiger partial charge in [0.2, 0.25) is 0 Å². The first-order valence-corrected chi connectivity index (χ1v) is 9.54. The fourth-order valence-corrected chi connectivity index (χ4v) is 4.01. The van der Waals surface area contributed by atoms with E-state index in [2.05, 4.69) is 68.7 Å². The zero-order chi connectivity index (χ0) is 17.3. The molecule has 5 nitrogen and oxygen atoms in total. The van der Waals surface area contributed by atoms with Crippen molar-refractivity contribution in [1.82, 2.24) is 19.7 Å². The molecule has 0 atom stereocenters. The fourth-order valence-electron chi connectivity index (χ4n) is 4.01. The third-order valence-electron chi connectivity index (χ3n) is 5.66. The summed E-state index contributed by atoms with van der Waals surface area (Å²) in [6.07, 6.45) is 3.29. The summed E-state index contributed by atoms with van der Waals surface area (Å²) in [6.45, 7) is 11.3. The first kappa shape index (κ1) is 16.6. The van der Waals surface area contributed by atoms with E-state index in [0.29, 0.717) is 5.41 Å². The standard InChI is InChI=1S/C20H29N5/c1-20(2)10-8-18-21-22-19(25(18)16-20)9-11-23-12-14-24(15-13-23)17-6-4-3-5-7-17/h3-7H,8-16H2,1-2H3. The Hall–Kier alpha value is -1.88. The lowest BCUT2D eigenvalue weighted by molar-refractivity contribution is 0.235. The van der Waals surface area contributed by atoms with Crippen LogP contribution in [0.1, 0.15) is 31.9 Å². The summed E-state index contributed by atoms with van der Waals surface area (Å²) in [7, 11) is 0. The van der Waals surface area contributed by atoms with Crippen molar-refractivity contribution in [3.05, 3.63) is 42.0 Å². The zero-order valence-electron chi connectivity index (χ0n) is 15.5. The lowest BCUT2D eigenvalue weighted by Crippen LogP contribution is -2.47. The van der Waals surface area contributed by atoms with Gasteiger partial charge in [0.1, 0.15) is 11.6 Å². The largest absolute Gasteiger partial charge is 0.369 e. The molecule has 4 rings (SSSR count). The lowest BCUT2D eigenvalue weighted by Gasteiger charge is -2.36. The second-order valence-electron chi connectivity index (χ2n) is 8.20. The minimum Gasteiger partial charge on any atom is -0.369 e. The Morgan fingerprint density at radius 2 is 1.76 bits per heavy atom. The van der Waals surface area contributed by atoms with Gasteiger partial charge in [-0.25, -0.2) is 0 Å². The number of aromatic nitrogens is 3. The van der Waals surface area contributed by atoms with Crippen LogP contribution in [0.5, 0.6) is 0 Å². The van der Waals surface area contributed by atoms with Crippen molar-refractivity contribution in [2.75, 3.05) is 37.6 Å². The maximum Gasteiger partial charge on any atom is 0.134 e. The molecule has 2 aliphatic rings. The van der Waals surface area contributed by atoms with E-state index in [1.54, 1.807) is 0 Å². The molecule has 134 valence electrons. The van der Waals surface area contributed by atoms with Gasteiger partial charge in [0, 0.05) is 57.8 Å². The summed E-state index contributed by atoms with van der Waals surface area (Å²) >= 11 is 0. The van der Waals surface area contributed by atoms with Gasteiger partial charge in [-0.1, -0.05) is 32.0 Å². The van der Waals surface area contributed by atoms with Crippen LogP contribution < -0.4 is 4.90 Å². The monoisotopic (exact) mass is 339 g/mol. The van der Waals surface area contributed by atoms with Crippen LogP contribution in [0.2, 0.25) is 0 Å². The highest BCUT2D eigenvalue weighted by Gasteiger charge is 2.28. The highest BCUT2D eigenvalue weighted by Crippen LogP contribution is 2.30.